The highest BCUT2D eigenvalue weighted by Crippen LogP contribution is 2.18. The van der Waals surface area contributed by atoms with Crippen molar-refractivity contribution in [2.75, 3.05) is 0 Å². The van der Waals surface area contributed by atoms with Crippen molar-refractivity contribution in [1.29, 1.82) is 0 Å². The molecule has 15 heavy (non-hydrogen) atoms. The van der Waals surface area contributed by atoms with Gasteiger partial charge in [0.05, 0.1) is 0 Å². The zero-order valence-corrected chi connectivity index (χ0v) is 10.9. The lowest BCUT2D eigenvalue weighted by Crippen LogP contribution is -2.13. The maximum Gasteiger partial charge on any atom is 0.140 e. The second kappa shape index (κ2) is 6.06. The molecule has 0 aliphatic rings. The molecule has 0 aliphatic carbocycles. The summed E-state index contributed by atoms with van der Waals surface area (Å²) in [5, 5.41) is 0. The van der Waals surface area contributed by atoms with Crippen LogP contribution in [-0.2, 0) is 11.2 Å². The second-order valence-corrected chi connectivity index (χ2v) is 4.78. The lowest BCUT2D eigenvalue weighted by molar-refractivity contribution is -0.121. The van der Waals surface area contributed by atoms with Crippen molar-refractivity contribution >= 4 is 21.7 Å². The Kier molecular flexibility index (Phi) is 5.03. The summed E-state index contributed by atoms with van der Waals surface area (Å²) in [6, 6.07) is 7.92. The molecular weight excluding hydrogens is 252 g/mol. The summed E-state index contributed by atoms with van der Waals surface area (Å²) in [6.07, 6.45) is 2.61. The molecule has 0 aliphatic heterocycles. The van der Waals surface area contributed by atoms with E-state index in [0.29, 0.717) is 12.2 Å². The highest BCUT2D eigenvalue weighted by Gasteiger charge is 2.13. The van der Waals surface area contributed by atoms with Crippen molar-refractivity contribution in [3.8, 4) is 0 Å². The van der Waals surface area contributed by atoms with Gasteiger partial charge in [0.2, 0.25) is 0 Å². The number of hydrogen-bond acceptors (Lipinski definition) is 1. The molecule has 1 rings (SSSR count). The van der Waals surface area contributed by atoms with Gasteiger partial charge in [0.25, 0.3) is 0 Å². The lowest BCUT2D eigenvalue weighted by Gasteiger charge is -2.09. The first-order chi connectivity index (χ1) is 7.15. The summed E-state index contributed by atoms with van der Waals surface area (Å²) in [7, 11) is 0. The summed E-state index contributed by atoms with van der Waals surface area (Å²) in [5.41, 5.74) is 1.09. The van der Waals surface area contributed by atoms with Crippen molar-refractivity contribution in [2.45, 2.75) is 33.1 Å². The van der Waals surface area contributed by atoms with E-state index in [1.165, 1.54) is 0 Å². The van der Waals surface area contributed by atoms with Gasteiger partial charge in [-0.05, 0) is 18.1 Å². The first-order valence-corrected chi connectivity index (χ1v) is 6.20. The van der Waals surface area contributed by atoms with Crippen LogP contribution in [-0.4, -0.2) is 5.78 Å². The standard InChI is InChI=1S/C13H17BrO/c1-3-6-10(2)13(15)9-11-7-4-5-8-12(11)14/h4-5,7-8,10H,3,6,9H2,1-2H3. The van der Waals surface area contributed by atoms with Gasteiger partial charge >= 0.3 is 0 Å². The minimum absolute atomic E-state index is 0.183. The lowest BCUT2D eigenvalue weighted by atomic mass is 9.96. The highest BCUT2D eigenvalue weighted by atomic mass is 79.9. The van der Waals surface area contributed by atoms with Gasteiger partial charge in [0.1, 0.15) is 5.78 Å². The maximum absolute atomic E-state index is 11.8. The monoisotopic (exact) mass is 268 g/mol. The largest absolute Gasteiger partial charge is 0.299 e. The molecule has 0 spiro atoms. The molecule has 1 aromatic carbocycles. The van der Waals surface area contributed by atoms with Gasteiger partial charge in [-0.15, -0.1) is 0 Å². The van der Waals surface area contributed by atoms with Crippen LogP contribution in [0.1, 0.15) is 32.3 Å². The predicted octanol–water partition coefficient (Wildman–Crippen LogP) is 4.00. The molecule has 0 N–H and O–H groups in total. The van der Waals surface area contributed by atoms with E-state index in [1.807, 2.05) is 31.2 Å². The first-order valence-electron chi connectivity index (χ1n) is 5.41. The number of ketones is 1. The zero-order valence-electron chi connectivity index (χ0n) is 9.29. The molecule has 1 nitrogen and oxygen atoms in total. The van der Waals surface area contributed by atoms with Crippen molar-refractivity contribution in [1.82, 2.24) is 0 Å². The van der Waals surface area contributed by atoms with E-state index in [2.05, 4.69) is 22.9 Å². The summed E-state index contributed by atoms with van der Waals surface area (Å²) >= 11 is 3.46. The Hall–Kier alpha value is -0.630. The Morgan fingerprint density at radius 1 is 1.40 bits per heavy atom. The summed E-state index contributed by atoms with van der Waals surface area (Å²) in [4.78, 5) is 11.8. The Bertz CT molecular complexity index is 333. The van der Waals surface area contributed by atoms with Crippen molar-refractivity contribution in [3.05, 3.63) is 34.3 Å². The van der Waals surface area contributed by atoms with E-state index >= 15 is 0 Å². The van der Waals surface area contributed by atoms with Crippen LogP contribution in [0.5, 0.6) is 0 Å². The van der Waals surface area contributed by atoms with Crippen LogP contribution in [0.4, 0.5) is 0 Å². The quantitative estimate of drug-likeness (QED) is 0.789. The SMILES string of the molecule is CCCC(C)C(=O)Cc1ccccc1Br. The number of hydrogen-bond donors (Lipinski definition) is 0. The number of benzene rings is 1. The number of halogens is 1. The Labute approximate surface area is 100 Å². The molecule has 0 radical (unpaired) electrons. The van der Waals surface area contributed by atoms with E-state index < -0.39 is 0 Å². The third-order valence-electron chi connectivity index (χ3n) is 2.59. The topological polar surface area (TPSA) is 17.1 Å². The fourth-order valence-corrected chi connectivity index (χ4v) is 2.02. The van der Waals surface area contributed by atoms with E-state index in [0.717, 1.165) is 22.9 Å². The van der Waals surface area contributed by atoms with Crippen LogP contribution in [0.2, 0.25) is 0 Å². The van der Waals surface area contributed by atoms with Crippen LogP contribution in [0.15, 0.2) is 28.7 Å². The van der Waals surface area contributed by atoms with Crippen molar-refractivity contribution < 1.29 is 4.79 Å². The van der Waals surface area contributed by atoms with E-state index in [9.17, 15) is 4.79 Å². The predicted molar refractivity (Wildman–Crippen MR) is 66.9 cm³/mol. The molecule has 0 heterocycles. The average molecular weight is 269 g/mol. The normalized spacial score (nSPS) is 12.5. The number of Topliss-reactive ketones (excluding diaryl/α,β-unsaturated/α-hetero) is 1. The molecule has 1 aromatic rings. The summed E-state index contributed by atoms with van der Waals surface area (Å²) in [5.74, 6) is 0.519. The van der Waals surface area contributed by atoms with Crippen molar-refractivity contribution in [2.24, 2.45) is 5.92 Å². The molecule has 0 aromatic heterocycles. The minimum Gasteiger partial charge on any atom is -0.299 e. The number of rotatable bonds is 5. The summed E-state index contributed by atoms with van der Waals surface area (Å²) in [6.45, 7) is 4.13. The van der Waals surface area contributed by atoms with Gasteiger partial charge in [0.15, 0.2) is 0 Å². The van der Waals surface area contributed by atoms with E-state index in [4.69, 9.17) is 0 Å². The molecule has 82 valence electrons. The summed E-state index contributed by atoms with van der Waals surface area (Å²) < 4.78 is 1.03. The molecular formula is C13H17BrO. The smallest absolute Gasteiger partial charge is 0.140 e. The fourth-order valence-electron chi connectivity index (χ4n) is 1.60. The third kappa shape index (κ3) is 3.78. The van der Waals surface area contributed by atoms with Crippen molar-refractivity contribution in [3.63, 3.8) is 0 Å². The average Bonchev–Trinajstić information content (AvgIpc) is 2.21. The Morgan fingerprint density at radius 3 is 2.67 bits per heavy atom. The first kappa shape index (κ1) is 12.4. The van der Waals surface area contributed by atoms with Gasteiger partial charge in [-0.25, -0.2) is 0 Å². The molecule has 0 amide bonds. The fraction of sp³-hybridized carbons (Fsp3) is 0.462. The Balaban J connectivity index is 2.62. The van der Waals surface area contributed by atoms with Gasteiger partial charge in [-0.2, -0.15) is 0 Å². The highest BCUT2D eigenvalue weighted by molar-refractivity contribution is 9.10. The third-order valence-corrected chi connectivity index (χ3v) is 3.37. The zero-order chi connectivity index (χ0) is 11.3. The van der Waals surface area contributed by atoms with Gasteiger partial charge < -0.3 is 0 Å². The van der Waals surface area contributed by atoms with Crippen LogP contribution in [0.3, 0.4) is 0 Å². The van der Waals surface area contributed by atoms with E-state index in [-0.39, 0.29) is 5.92 Å². The second-order valence-electron chi connectivity index (χ2n) is 3.92. The molecule has 0 saturated carbocycles. The van der Waals surface area contributed by atoms with Gasteiger partial charge in [-0.3, -0.25) is 4.79 Å². The molecule has 1 unspecified atom stereocenters. The van der Waals surface area contributed by atoms with Gasteiger partial charge in [0, 0.05) is 16.8 Å². The molecule has 2 heteroatoms. The minimum atomic E-state index is 0.183. The molecule has 0 saturated heterocycles. The maximum atomic E-state index is 11.8. The van der Waals surface area contributed by atoms with Crippen LogP contribution in [0.25, 0.3) is 0 Å². The number of carbonyl (C=O) groups excluding carboxylic acids is 1. The van der Waals surface area contributed by atoms with Crippen LogP contribution < -0.4 is 0 Å². The van der Waals surface area contributed by atoms with E-state index in [1.54, 1.807) is 0 Å². The number of carbonyl (C=O) groups is 1. The van der Waals surface area contributed by atoms with Crippen LogP contribution in [0, 0.1) is 5.92 Å². The molecule has 1 atom stereocenters. The molecule has 0 fully saturated rings. The van der Waals surface area contributed by atoms with Crippen LogP contribution >= 0.6 is 15.9 Å². The van der Waals surface area contributed by atoms with Gasteiger partial charge in [-0.1, -0.05) is 54.4 Å². The Morgan fingerprint density at radius 2 is 2.07 bits per heavy atom. The molecule has 0 bridgehead atoms.